The van der Waals surface area contributed by atoms with Gasteiger partial charge in [0.25, 0.3) is 0 Å². The number of carbonyl (C=O) groups excluding carboxylic acids is 1. The normalized spacial score (nSPS) is 11.9. The van der Waals surface area contributed by atoms with E-state index in [-0.39, 0.29) is 51.4 Å². The maximum atomic E-state index is 10.5. The molecule has 0 radical (unpaired) electrons. The molecule has 1 N–H and O–H groups in total. The molecule has 0 spiro atoms. The Labute approximate surface area is 187 Å². The average molecular weight is 352 g/mol. The van der Waals surface area contributed by atoms with Crippen molar-refractivity contribution >= 4 is 5.97 Å². The molecule has 0 aromatic heterocycles. The Hall–Kier alpha value is 1.07. The molecule has 0 bridgehead atoms. The van der Waals surface area contributed by atoms with Crippen LogP contribution in [0.15, 0.2) is 0 Å². The molecule has 0 saturated carbocycles. The van der Waals surface area contributed by atoms with Crippen LogP contribution in [0.2, 0.25) is 0 Å². The number of carbonyl (C=O) groups is 1. The minimum atomic E-state index is -1.01. The Balaban J connectivity index is 0. The molecule has 1 unspecified atom stereocenters. The molecular weight excluding hydrogens is 313 g/mol. The van der Waals surface area contributed by atoms with E-state index in [1.807, 2.05) is 0 Å². The van der Waals surface area contributed by atoms with Crippen molar-refractivity contribution in [2.24, 2.45) is 0 Å². The Kier molecular flexibility index (Phi) is 24.1. The van der Waals surface area contributed by atoms with Gasteiger partial charge in [0, 0.05) is 6.04 Å². The number of nitrogens with one attached hydrogen (secondary N) is 1. The van der Waals surface area contributed by atoms with Crippen molar-refractivity contribution in [2.75, 3.05) is 6.54 Å². The van der Waals surface area contributed by atoms with Gasteiger partial charge in [-0.15, -0.1) is 0 Å². The second-order valence-corrected chi connectivity index (χ2v) is 6.59. The minimum Gasteiger partial charge on any atom is -0.548 e. The summed E-state index contributed by atoms with van der Waals surface area (Å²) in [5, 5.41) is 13.5. The smallest absolute Gasteiger partial charge is 0.548 e. The molecule has 132 valence electrons. The van der Waals surface area contributed by atoms with Crippen LogP contribution in [0.25, 0.3) is 0 Å². The first-order valence-electron chi connectivity index (χ1n) is 9.62. The minimum absolute atomic E-state index is 0. The van der Waals surface area contributed by atoms with E-state index in [9.17, 15) is 9.90 Å². The van der Waals surface area contributed by atoms with E-state index < -0.39 is 12.0 Å². The summed E-state index contributed by atoms with van der Waals surface area (Å²) < 4.78 is 0. The van der Waals surface area contributed by atoms with Crippen LogP contribution >= 0.6 is 0 Å². The Bertz CT molecular complexity index is 250. The van der Waals surface area contributed by atoms with Gasteiger partial charge in [-0.1, -0.05) is 90.4 Å². The fraction of sp³-hybridized carbons (Fsp3) is 0.947. The molecule has 3 nitrogen and oxygen atoms in total. The van der Waals surface area contributed by atoms with Crippen molar-refractivity contribution in [1.29, 1.82) is 0 Å². The first kappa shape index (κ1) is 26.3. The molecule has 0 amide bonds. The van der Waals surface area contributed by atoms with E-state index in [1.165, 1.54) is 83.5 Å². The van der Waals surface area contributed by atoms with E-state index in [2.05, 4.69) is 12.2 Å². The number of aliphatic carboxylic acids is 1. The number of unbranched alkanes of at least 4 members (excludes halogenated alkanes) is 13. The number of rotatable bonds is 17. The van der Waals surface area contributed by atoms with E-state index in [0.717, 1.165) is 13.0 Å². The number of carboxylic acids is 1. The molecule has 0 rings (SSSR count). The molecule has 0 aromatic rings. The fourth-order valence-corrected chi connectivity index (χ4v) is 2.72. The summed E-state index contributed by atoms with van der Waals surface area (Å²) in [6, 6.07) is -0.526. The second-order valence-electron chi connectivity index (χ2n) is 6.59. The van der Waals surface area contributed by atoms with Crippen LogP contribution in [-0.2, 0) is 4.79 Å². The van der Waals surface area contributed by atoms with Crippen molar-refractivity contribution in [3.8, 4) is 0 Å². The van der Waals surface area contributed by atoms with Crippen LogP contribution in [-0.4, -0.2) is 18.6 Å². The maximum absolute atomic E-state index is 10.5. The van der Waals surface area contributed by atoms with Gasteiger partial charge in [0.05, 0.1) is 5.97 Å². The monoisotopic (exact) mass is 351 g/mol. The third kappa shape index (κ3) is 21.0. The number of hydrogen-bond donors (Lipinski definition) is 1. The molecule has 0 aromatic carbocycles. The molecular formula is C19H38KNO2. The van der Waals surface area contributed by atoms with E-state index >= 15 is 0 Å². The van der Waals surface area contributed by atoms with Crippen LogP contribution in [0.5, 0.6) is 0 Å². The molecule has 1 atom stereocenters. The first-order valence-corrected chi connectivity index (χ1v) is 9.62. The summed E-state index contributed by atoms with van der Waals surface area (Å²) in [4.78, 5) is 10.5. The topological polar surface area (TPSA) is 52.2 Å². The predicted octanol–water partition coefficient (Wildman–Crippen LogP) is 1.20. The molecule has 0 fully saturated rings. The zero-order valence-corrected chi connectivity index (χ0v) is 19.1. The first-order chi connectivity index (χ1) is 10.7. The Morgan fingerprint density at radius 1 is 0.783 bits per heavy atom. The molecule has 0 aliphatic carbocycles. The summed E-state index contributed by atoms with van der Waals surface area (Å²) >= 11 is 0. The van der Waals surface area contributed by atoms with Crippen molar-refractivity contribution in [2.45, 2.75) is 110 Å². The van der Waals surface area contributed by atoms with Gasteiger partial charge in [0.15, 0.2) is 0 Å². The van der Waals surface area contributed by atoms with Gasteiger partial charge >= 0.3 is 51.4 Å². The standard InChI is InChI=1S/C19H39NO2.K/c1-3-4-5-6-7-8-9-10-11-12-13-14-15-16-17-20-18(2)19(21)22;/h18,20H,3-17H2,1-2H3,(H,21,22);/q;+1/p-1. The molecule has 0 saturated heterocycles. The molecule has 4 heteroatoms. The molecule has 0 heterocycles. The van der Waals surface area contributed by atoms with Crippen molar-refractivity contribution < 1.29 is 61.3 Å². The van der Waals surface area contributed by atoms with Crippen molar-refractivity contribution in [1.82, 2.24) is 5.32 Å². The summed E-state index contributed by atoms with van der Waals surface area (Å²) in [7, 11) is 0. The van der Waals surface area contributed by atoms with Gasteiger partial charge in [-0.2, -0.15) is 0 Å². The fourth-order valence-electron chi connectivity index (χ4n) is 2.72. The van der Waals surface area contributed by atoms with Crippen molar-refractivity contribution in [3.63, 3.8) is 0 Å². The van der Waals surface area contributed by atoms with Crippen LogP contribution in [0, 0.1) is 0 Å². The maximum Gasteiger partial charge on any atom is 1.00 e. The van der Waals surface area contributed by atoms with Gasteiger partial charge in [0.1, 0.15) is 0 Å². The largest absolute Gasteiger partial charge is 1.00 e. The van der Waals surface area contributed by atoms with E-state index in [1.54, 1.807) is 6.92 Å². The Morgan fingerprint density at radius 2 is 1.13 bits per heavy atom. The summed E-state index contributed by atoms with van der Waals surface area (Å²) in [6.45, 7) is 4.69. The van der Waals surface area contributed by atoms with Gasteiger partial charge in [-0.25, -0.2) is 0 Å². The van der Waals surface area contributed by atoms with E-state index in [0.29, 0.717) is 0 Å². The Morgan fingerprint density at radius 3 is 1.48 bits per heavy atom. The zero-order chi connectivity index (χ0) is 16.5. The van der Waals surface area contributed by atoms with Crippen LogP contribution in [0.4, 0.5) is 0 Å². The third-order valence-corrected chi connectivity index (χ3v) is 4.33. The SMILES string of the molecule is CCCCCCCCCCCCCCCCNC(C)C(=O)[O-].[K+]. The van der Waals surface area contributed by atoms with Gasteiger partial charge < -0.3 is 15.2 Å². The van der Waals surface area contributed by atoms with Gasteiger partial charge in [-0.05, 0) is 19.9 Å². The van der Waals surface area contributed by atoms with Gasteiger partial charge in [0.2, 0.25) is 0 Å². The van der Waals surface area contributed by atoms with Crippen molar-refractivity contribution in [3.05, 3.63) is 0 Å². The second kappa shape index (κ2) is 21.1. The average Bonchev–Trinajstić information content (AvgIpc) is 2.50. The summed E-state index contributed by atoms with van der Waals surface area (Å²) in [6.07, 6.45) is 18.9. The summed E-state index contributed by atoms with van der Waals surface area (Å²) in [5.41, 5.74) is 0. The van der Waals surface area contributed by atoms with E-state index in [4.69, 9.17) is 0 Å². The van der Waals surface area contributed by atoms with Crippen LogP contribution in [0.1, 0.15) is 104 Å². The zero-order valence-electron chi connectivity index (χ0n) is 16.0. The molecule has 0 aliphatic heterocycles. The predicted molar refractivity (Wildman–Crippen MR) is 92.8 cm³/mol. The quantitative estimate of drug-likeness (QED) is 0.316. The third-order valence-electron chi connectivity index (χ3n) is 4.33. The molecule has 0 aliphatic rings. The summed E-state index contributed by atoms with van der Waals surface area (Å²) in [5.74, 6) is -1.01. The molecule has 23 heavy (non-hydrogen) atoms. The van der Waals surface area contributed by atoms with Crippen LogP contribution in [0.3, 0.4) is 0 Å². The number of carboxylic acid groups (broad SMARTS) is 1. The van der Waals surface area contributed by atoms with Crippen LogP contribution < -0.4 is 61.8 Å². The number of hydrogen-bond acceptors (Lipinski definition) is 3. The van der Waals surface area contributed by atoms with Gasteiger partial charge in [-0.3, -0.25) is 0 Å².